The highest BCUT2D eigenvalue weighted by molar-refractivity contribution is 5.77. The van der Waals surface area contributed by atoms with Crippen LogP contribution in [0.3, 0.4) is 0 Å². The van der Waals surface area contributed by atoms with Crippen molar-refractivity contribution in [3.05, 3.63) is 47.9 Å². The van der Waals surface area contributed by atoms with E-state index in [1.807, 2.05) is 0 Å². The fraction of sp³-hybridized carbons (Fsp3) is 0.421. The van der Waals surface area contributed by atoms with Gasteiger partial charge < -0.3 is 9.64 Å². The zero-order valence-electron chi connectivity index (χ0n) is 14.9. The van der Waals surface area contributed by atoms with Crippen LogP contribution in [0, 0.1) is 0 Å². The number of aromatic nitrogens is 2. The number of carbonyl (C=O) groups is 1. The van der Waals surface area contributed by atoms with E-state index in [1.165, 1.54) is 19.4 Å². The summed E-state index contributed by atoms with van der Waals surface area (Å²) in [5, 5.41) is 0. The van der Waals surface area contributed by atoms with Crippen LogP contribution >= 0.6 is 0 Å². The zero-order valence-corrected chi connectivity index (χ0v) is 14.9. The molecule has 1 atom stereocenters. The van der Waals surface area contributed by atoms with Gasteiger partial charge in [0.05, 0.1) is 23.1 Å². The highest BCUT2D eigenvalue weighted by Crippen LogP contribution is 2.32. The van der Waals surface area contributed by atoms with Crippen molar-refractivity contribution in [2.24, 2.45) is 0 Å². The normalized spacial score (nSPS) is 17.8. The first-order valence-electron chi connectivity index (χ1n) is 8.65. The largest absolute Gasteiger partial charge is 0.416 e. The van der Waals surface area contributed by atoms with Gasteiger partial charge in [-0.1, -0.05) is 12.1 Å². The second-order valence-electron chi connectivity index (χ2n) is 6.52. The molecule has 1 saturated heterocycles. The molecule has 3 rings (SSSR count). The second kappa shape index (κ2) is 8.04. The van der Waals surface area contributed by atoms with E-state index in [0.717, 1.165) is 25.0 Å². The molecule has 1 aromatic carbocycles. The van der Waals surface area contributed by atoms with E-state index in [0.29, 0.717) is 30.0 Å². The molecule has 1 unspecified atom stereocenters. The van der Waals surface area contributed by atoms with Crippen LogP contribution in [-0.2, 0) is 15.7 Å². The van der Waals surface area contributed by atoms with Crippen LogP contribution in [0.5, 0.6) is 0 Å². The summed E-state index contributed by atoms with van der Waals surface area (Å²) in [4.78, 5) is 22.5. The molecule has 0 spiro atoms. The standard InChI is InChI=1S/C19H20F3N3O2/c1-27-12-18(26)25-7-3-5-14(11-25)17-10-23-9-16(24-17)13-4-2-6-15(8-13)19(20,21)22/h2,4,6,8-10,14H,3,5,7,11-12H2,1H3. The molecule has 1 fully saturated rings. The number of methoxy groups -OCH3 is 1. The maximum atomic E-state index is 13.0. The number of carbonyl (C=O) groups excluding carboxylic acids is 1. The molecule has 0 radical (unpaired) electrons. The molecule has 2 aromatic rings. The van der Waals surface area contributed by atoms with Gasteiger partial charge >= 0.3 is 6.18 Å². The summed E-state index contributed by atoms with van der Waals surface area (Å²) in [6.45, 7) is 1.20. The molecule has 0 N–H and O–H groups in total. The van der Waals surface area contributed by atoms with E-state index in [1.54, 1.807) is 17.2 Å². The van der Waals surface area contributed by atoms with Gasteiger partial charge in [-0.15, -0.1) is 0 Å². The van der Waals surface area contributed by atoms with Crippen LogP contribution in [0.4, 0.5) is 13.2 Å². The van der Waals surface area contributed by atoms with Gasteiger partial charge in [-0.3, -0.25) is 9.78 Å². The Morgan fingerprint density at radius 1 is 1.33 bits per heavy atom. The molecule has 0 aliphatic carbocycles. The van der Waals surface area contributed by atoms with Crippen LogP contribution in [0.2, 0.25) is 0 Å². The Kier molecular flexibility index (Phi) is 5.74. The van der Waals surface area contributed by atoms with Crippen molar-refractivity contribution in [3.63, 3.8) is 0 Å². The molecule has 1 amide bonds. The number of rotatable bonds is 4. The first-order valence-corrected chi connectivity index (χ1v) is 8.65. The summed E-state index contributed by atoms with van der Waals surface area (Å²) in [6, 6.07) is 5.04. The summed E-state index contributed by atoms with van der Waals surface area (Å²) in [5.41, 5.74) is 0.710. The van der Waals surface area contributed by atoms with Gasteiger partial charge in [-0.25, -0.2) is 4.98 Å². The monoisotopic (exact) mass is 379 g/mol. The van der Waals surface area contributed by atoms with Crippen LogP contribution in [0.25, 0.3) is 11.3 Å². The third kappa shape index (κ3) is 4.63. The average Bonchev–Trinajstić information content (AvgIpc) is 2.68. The Morgan fingerprint density at radius 2 is 2.15 bits per heavy atom. The van der Waals surface area contributed by atoms with Gasteiger partial charge in [0.2, 0.25) is 5.91 Å². The smallest absolute Gasteiger partial charge is 0.375 e. The fourth-order valence-corrected chi connectivity index (χ4v) is 3.23. The summed E-state index contributed by atoms with van der Waals surface area (Å²) in [6.07, 6.45) is 0.335. The molecular weight excluding hydrogens is 359 g/mol. The van der Waals surface area contributed by atoms with Gasteiger partial charge in [-0.05, 0) is 25.0 Å². The van der Waals surface area contributed by atoms with Crippen molar-refractivity contribution in [3.8, 4) is 11.3 Å². The van der Waals surface area contributed by atoms with Gasteiger partial charge in [0, 0.05) is 37.9 Å². The predicted octanol–water partition coefficient (Wildman–Crippen LogP) is 3.51. The number of halogens is 3. The highest BCUT2D eigenvalue weighted by Gasteiger charge is 2.31. The van der Waals surface area contributed by atoms with Crippen molar-refractivity contribution in [1.29, 1.82) is 0 Å². The Hall–Kier alpha value is -2.48. The van der Waals surface area contributed by atoms with Gasteiger partial charge in [-0.2, -0.15) is 13.2 Å². The minimum atomic E-state index is -4.41. The summed E-state index contributed by atoms with van der Waals surface area (Å²) < 4.78 is 43.8. The molecule has 27 heavy (non-hydrogen) atoms. The third-order valence-corrected chi connectivity index (χ3v) is 4.60. The molecule has 1 aromatic heterocycles. The zero-order chi connectivity index (χ0) is 19.4. The minimum absolute atomic E-state index is 0.00203. The lowest BCUT2D eigenvalue weighted by molar-refractivity contribution is -0.137. The number of benzene rings is 1. The number of piperidine rings is 1. The Labute approximate surface area is 155 Å². The second-order valence-corrected chi connectivity index (χ2v) is 6.52. The number of nitrogens with zero attached hydrogens (tertiary/aromatic N) is 3. The number of hydrogen-bond donors (Lipinski definition) is 0. The Bertz CT molecular complexity index is 811. The van der Waals surface area contributed by atoms with Crippen molar-refractivity contribution in [1.82, 2.24) is 14.9 Å². The SMILES string of the molecule is COCC(=O)N1CCCC(c2cncc(-c3cccc(C(F)(F)F)c3)n2)C1. The van der Waals surface area contributed by atoms with E-state index >= 15 is 0 Å². The molecule has 5 nitrogen and oxygen atoms in total. The number of ether oxygens (including phenoxy) is 1. The molecule has 2 heterocycles. The van der Waals surface area contributed by atoms with Crippen LogP contribution in [-0.4, -0.2) is 47.6 Å². The quantitative estimate of drug-likeness (QED) is 0.816. The van der Waals surface area contributed by atoms with E-state index in [2.05, 4.69) is 9.97 Å². The summed E-state index contributed by atoms with van der Waals surface area (Å²) >= 11 is 0. The molecule has 8 heteroatoms. The van der Waals surface area contributed by atoms with Gasteiger partial charge in [0.25, 0.3) is 0 Å². The topological polar surface area (TPSA) is 55.3 Å². The molecule has 0 bridgehead atoms. The molecule has 1 aliphatic heterocycles. The fourth-order valence-electron chi connectivity index (χ4n) is 3.23. The third-order valence-electron chi connectivity index (χ3n) is 4.60. The predicted molar refractivity (Wildman–Crippen MR) is 92.9 cm³/mol. The number of amides is 1. The van der Waals surface area contributed by atoms with Crippen LogP contribution in [0.15, 0.2) is 36.7 Å². The molecular formula is C19H20F3N3O2. The maximum Gasteiger partial charge on any atom is 0.416 e. The molecule has 144 valence electrons. The maximum absolute atomic E-state index is 13.0. The van der Waals surface area contributed by atoms with Gasteiger partial charge in [0.15, 0.2) is 0 Å². The first-order chi connectivity index (χ1) is 12.9. The molecule has 1 aliphatic rings. The van der Waals surface area contributed by atoms with E-state index in [4.69, 9.17) is 4.74 Å². The summed E-state index contributed by atoms with van der Waals surface area (Å²) in [7, 11) is 1.48. The summed E-state index contributed by atoms with van der Waals surface area (Å²) in [5.74, 6) is -0.0815. The minimum Gasteiger partial charge on any atom is -0.375 e. The Morgan fingerprint density at radius 3 is 2.89 bits per heavy atom. The highest BCUT2D eigenvalue weighted by atomic mass is 19.4. The van der Waals surface area contributed by atoms with E-state index in [-0.39, 0.29) is 18.4 Å². The lowest BCUT2D eigenvalue weighted by Gasteiger charge is -2.32. The van der Waals surface area contributed by atoms with Crippen LogP contribution in [0.1, 0.15) is 30.0 Å². The van der Waals surface area contributed by atoms with Crippen molar-refractivity contribution in [2.75, 3.05) is 26.8 Å². The van der Waals surface area contributed by atoms with Crippen molar-refractivity contribution in [2.45, 2.75) is 24.9 Å². The number of hydrogen-bond acceptors (Lipinski definition) is 4. The van der Waals surface area contributed by atoms with E-state index < -0.39 is 11.7 Å². The number of likely N-dealkylation sites (tertiary alicyclic amines) is 1. The van der Waals surface area contributed by atoms with Gasteiger partial charge in [0.1, 0.15) is 6.61 Å². The van der Waals surface area contributed by atoms with Crippen molar-refractivity contribution < 1.29 is 22.7 Å². The van der Waals surface area contributed by atoms with Crippen molar-refractivity contribution >= 4 is 5.91 Å². The van der Waals surface area contributed by atoms with E-state index in [9.17, 15) is 18.0 Å². The lowest BCUT2D eigenvalue weighted by Crippen LogP contribution is -2.41. The number of alkyl halides is 3. The molecule has 0 saturated carbocycles. The lowest BCUT2D eigenvalue weighted by atomic mass is 9.94. The first kappa shape index (κ1) is 19.3. The van der Waals surface area contributed by atoms with Crippen LogP contribution < -0.4 is 0 Å². The average molecular weight is 379 g/mol. The Balaban J connectivity index is 1.83.